The first-order chi connectivity index (χ1) is 7.25. The molecule has 0 heterocycles. The summed E-state index contributed by atoms with van der Waals surface area (Å²) in [5, 5.41) is -1.98. The standard InChI is InChI=1S/C10H15ClF4O/c1-2-3-4-5-6-7-9(12,8(11)16)10(13,14)15/h2-7H2,1H3. The van der Waals surface area contributed by atoms with Crippen LogP contribution in [0.15, 0.2) is 0 Å². The van der Waals surface area contributed by atoms with Gasteiger partial charge in [-0.05, 0) is 24.4 Å². The van der Waals surface area contributed by atoms with E-state index in [1.54, 1.807) is 0 Å². The molecule has 0 aliphatic heterocycles. The second-order valence-electron chi connectivity index (χ2n) is 3.74. The first kappa shape index (κ1) is 15.7. The average Bonchev–Trinajstić information content (AvgIpc) is 2.15. The Kier molecular flexibility index (Phi) is 6.30. The van der Waals surface area contributed by atoms with Gasteiger partial charge in [0.25, 0.3) is 10.9 Å². The van der Waals surface area contributed by atoms with Crippen molar-refractivity contribution in [2.24, 2.45) is 0 Å². The first-order valence-electron chi connectivity index (χ1n) is 5.21. The lowest BCUT2D eigenvalue weighted by molar-refractivity contribution is -0.223. The van der Waals surface area contributed by atoms with E-state index in [0.29, 0.717) is 6.42 Å². The average molecular weight is 263 g/mol. The molecule has 96 valence electrons. The maximum Gasteiger partial charge on any atom is 0.431 e. The molecule has 1 nitrogen and oxygen atoms in total. The molecule has 0 N–H and O–H groups in total. The number of carbonyl (C=O) groups excluding carboxylic acids is 1. The Balaban J connectivity index is 4.21. The zero-order chi connectivity index (χ0) is 12.8. The van der Waals surface area contributed by atoms with Gasteiger partial charge in [0.05, 0.1) is 0 Å². The summed E-state index contributed by atoms with van der Waals surface area (Å²) in [5.74, 6) is 0. The van der Waals surface area contributed by atoms with Crippen LogP contribution in [0.3, 0.4) is 0 Å². The molecule has 0 aromatic rings. The molecule has 1 unspecified atom stereocenters. The summed E-state index contributed by atoms with van der Waals surface area (Å²) < 4.78 is 50.1. The van der Waals surface area contributed by atoms with Crippen LogP contribution in [0.1, 0.15) is 45.4 Å². The van der Waals surface area contributed by atoms with Gasteiger partial charge in [-0.1, -0.05) is 32.6 Å². The second-order valence-corrected chi connectivity index (χ2v) is 4.08. The maximum atomic E-state index is 13.3. The van der Waals surface area contributed by atoms with E-state index < -0.39 is 23.5 Å². The van der Waals surface area contributed by atoms with Gasteiger partial charge in [-0.2, -0.15) is 13.2 Å². The van der Waals surface area contributed by atoms with Crippen LogP contribution in [0.2, 0.25) is 0 Å². The fraction of sp³-hybridized carbons (Fsp3) is 0.900. The number of alkyl halides is 4. The molecule has 0 aliphatic carbocycles. The molecule has 0 rings (SSSR count). The van der Waals surface area contributed by atoms with Crippen molar-refractivity contribution in [2.75, 3.05) is 0 Å². The molecule has 0 spiro atoms. The molecule has 0 saturated carbocycles. The third-order valence-corrected chi connectivity index (χ3v) is 2.69. The van der Waals surface area contributed by atoms with Gasteiger partial charge in [-0.25, -0.2) is 4.39 Å². The Labute approximate surface area is 97.2 Å². The predicted octanol–water partition coefficient (Wildman–Crippen LogP) is 4.38. The van der Waals surface area contributed by atoms with Crippen molar-refractivity contribution in [3.05, 3.63) is 0 Å². The summed E-state index contributed by atoms with van der Waals surface area (Å²) in [7, 11) is 0. The molecule has 0 amide bonds. The van der Waals surface area contributed by atoms with Gasteiger partial charge in [-0.3, -0.25) is 4.79 Å². The number of carbonyl (C=O) groups is 1. The molecule has 0 saturated heterocycles. The van der Waals surface area contributed by atoms with Gasteiger partial charge in [0.2, 0.25) is 0 Å². The third kappa shape index (κ3) is 4.28. The topological polar surface area (TPSA) is 17.1 Å². The molecule has 0 aliphatic rings. The van der Waals surface area contributed by atoms with E-state index in [9.17, 15) is 22.4 Å². The SMILES string of the molecule is CCCCCCCC(F)(C(=O)Cl)C(F)(F)F. The van der Waals surface area contributed by atoms with E-state index in [4.69, 9.17) is 0 Å². The molecule has 0 radical (unpaired) electrons. The number of halogens is 5. The normalized spacial score (nSPS) is 15.9. The monoisotopic (exact) mass is 262 g/mol. The van der Waals surface area contributed by atoms with Gasteiger partial charge in [0.15, 0.2) is 0 Å². The number of hydrogen-bond donors (Lipinski definition) is 0. The molecule has 1 atom stereocenters. The zero-order valence-corrected chi connectivity index (χ0v) is 9.80. The van der Waals surface area contributed by atoms with E-state index in [2.05, 4.69) is 11.6 Å². The lowest BCUT2D eigenvalue weighted by Crippen LogP contribution is -2.46. The Morgan fingerprint density at radius 3 is 1.94 bits per heavy atom. The van der Waals surface area contributed by atoms with Crippen LogP contribution < -0.4 is 0 Å². The van der Waals surface area contributed by atoms with Gasteiger partial charge in [-0.15, -0.1) is 0 Å². The number of unbranched alkanes of at least 4 members (excludes halogenated alkanes) is 4. The van der Waals surface area contributed by atoms with Crippen molar-refractivity contribution in [3.63, 3.8) is 0 Å². The van der Waals surface area contributed by atoms with Gasteiger partial charge in [0.1, 0.15) is 0 Å². The highest BCUT2D eigenvalue weighted by Gasteiger charge is 2.60. The highest BCUT2D eigenvalue weighted by atomic mass is 35.5. The molecule has 0 aromatic heterocycles. The Hall–Kier alpha value is -0.320. The van der Waals surface area contributed by atoms with E-state index in [0.717, 1.165) is 19.3 Å². The second kappa shape index (κ2) is 6.42. The first-order valence-corrected chi connectivity index (χ1v) is 5.59. The quantitative estimate of drug-likeness (QED) is 0.378. The zero-order valence-electron chi connectivity index (χ0n) is 9.04. The van der Waals surface area contributed by atoms with Crippen molar-refractivity contribution in [1.29, 1.82) is 0 Å². The maximum absolute atomic E-state index is 13.3. The van der Waals surface area contributed by atoms with E-state index >= 15 is 0 Å². The molecular weight excluding hydrogens is 248 g/mol. The molecule has 6 heteroatoms. The van der Waals surface area contributed by atoms with Crippen LogP contribution in [0, 0.1) is 0 Å². The Bertz CT molecular complexity index is 229. The van der Waals surface area contributed by atoms with Crippen LogP contribution in [-0.2, 0) is 4.79 Å². The van der Waals surface area contributed by atoms with Gasteiger partial charge >= 0.3 is 6.18 Å². The van der Waals surface area contributed by atoms with Crippen molar-refractivity contribution < 1.29 is 22.4 Å². The van der Waals surface area contributed by atoms with Crippen LogP contribution in [0.4, 0.5) is 17.6 Å². The summed E-state index contributed by atoms with van der Waals surface area (Å²) in [4.78, 5) is 10.5. The Morgan fingerprint density at radius 1 is 1.06 bits per heavy atom. The number of rotatable bonds is 7. The molecule has 16 heavy (non-hydrogen) atoms. The summed E-state index contributed by atoms with van der Waals surface area (Å²) in [6, 6.07) is 0. The van der Waals surface area contributed by atoms with Crippen molar-refractivity contribution in [2.45, 2.75) is 57.3 Å². The van der Waals surface area contributed by atoms with Crippen molar-refractivity contribution in [1.82, 2.24) is 0 Å². The van der Waals surface area contributed by atoms with Crippen LogP contribution in [-0.4, -0.2) is 17.1 Å². The van der Waals surface area contributed by atoms with Gasteiger partial charge in [0, 0.05) is 0 Å². The molecule has 0 aromatic carbocycles. The summed E-state index contributed by atoms with van der Waals surface area (Å²) >= 11 is 4.68. The minimum atomic E-state index is -5.23. The highest BCUT2D eigenvalue weighted by Crippen LogP contribution is 2.39. The molecule has 0 fully saturated rings. The van der Waals surface area contributed by atoms with E-state index in [1.165, 1.54) is 0 Å². The van der Waals surface area contributed by atoms with Gasteiger partial charge < -0.3 is 0 Å². The minimum Gasteiger partial charge on any atom is -0.277 e. The van der Waals surface area contributed by atoms with Crippen LogP contribution in [0.25, 0.3) is 0 Å². The number of hydrogen-bond acceptors (Lipinski definition) is 1. The largest absolute Gasteiger partial charge is 0.431 e. The lowest BCUT2D eigenvalue weighted by atomic mass is 9.98. The van der Waals surface area contributed by atoms with E-state index in [-0.39, 0.29) is 6.42 Å². The van der Waals surface area contributed by atoms with Crippen LogP contribution >= 0.6 is 11.6 Å². The van der Waals surface area contributed by atoms with E-state index in [1.807, 2.05) is 6.92 Å². The fourth-order valence-corrected chi connectivity index (χ4v) is 1.53. The van der Waals surface area contributed by atoms with Crippen molar-refractivity contribution >= 4 is 16.8 Å². The third-order valence-electron chi connectivity index (χ3n) is 2.39. The predicted molar refractivity (Wildman–Crippen MR) is 54.1 cm³/mol. The summed E-state index contributed by atoms with van der Waals surface area (Å²) in [5.41, 5.74) is -3.89. The minimum absolute atomic E-state index is 0.00840. The van der Waals surface area contributed by atoms with Crippen molar-refractivity contribution in [3.8, 4) is 0 Å². The highest BCUT2D eigenvalue weighted by molar-refractivity contribution is 6.65. The molecule has 0 bridgehead atoms. The van der Waals surface area contributed by atoms with Crippen LogP contribution in [0.5, 0.6) is 0 Å². The lowest BCUT2D eigenvalue weighted by Gasteiger charge is -2.23. The molecular formula is C10H15ClF4O. The fourth-order valence-electron chi connectivity index (χ4n) is 1.32. The summed E-state index contributed by atoms with van der Waals surface area (Å²) in [6.45, 7) is 1.96. The smallest absolute Gasteiger partial charge is 0.277 e. The Morgan fingerprint density at radius 2 is 1.56 bits per heavy atom. The summed E-state index contributed by atoms with van der Waals surface area (Å²) in [6.07, 6.45) is -3.07.